The Hall–Kier alpha value is -2.92. The predicted molar refractivity (Wildman–Crippen MR) is 109 cm³/mol. The van der Waals surface area contributed by atoms with Gasteiger partial charge >= 0.3 is 6.18 Å². The molecule has 31 heavy (non-hydrogen) atoms. The van der Waals surface area contributed by atoms with Gasteiger partial charge in [-0.1, -0.05) is 26.8 Å². The number of fused-ring (bicyclic) bond motifs is 1. The molecule has 4 nitrogen and oxygen atoms in total. The largest absolute Gasteiger partial charge is 0.417 e. The minimum absolute atomic E-state index is 0.0457. The zero-order valence-corrected chi connectivity index (χ0v) is 17.4. The van der Waals surface area contributed by atoms with E-state index in [1.165, 1.54) is 30.3 Å². The molecule has 0 saturated carbocycles. The third-order valence-electron chi connectivity index (χ3n) is 5.56. The Morgan fingerprint density at radius 1 is 1.13 bits per heavy atom. The number of aromatic amines is 1. The van der Waals surface area contributed by atoms with Crippen molar-refractivity contribution in [1.29, 1.82) is 5.26 Å². The monoisotopic (exact) mass is 433 g/mol. The van der Waals surface area contributed by atoms with Gasteiger partial charge in [0.15, 0.2) is 5.60 Å². The first-order valence-corrected chi connectivity index (χ1v) is 9.85. The van der Waals surface area contributed by atoms with Crippen molar-refractivity contribution in [2.75, 3.05) is 0 Å². The number of hydrogen-bond acceptors (Lipinski definition) is 3. The Morgan fingerprint density at radius 2 is 1.84 bits per heavy atom. The first-order valence-electron chi connectivity index (χ1n) is 9.85. The molecule has 1 aromatic heterocycles. The van der Waals surface area contributed by atoms with E-state index in [0.29, 0.717) is 28.6 Å². The summed E-state index contributed by atoms with van der Waals surface area (Å²) in [6.45, 7) is 4.97. The maximum atomic E-state index is 14.1. The van der Waals surface area contributed by atoms with Crippen molar-refractivity contribution in [1.82, 2.24) is 9.97 Å². The first kappa shape index (κ1) is 22.8. The molecule has 0 fully saturated rings. The number of hydrogen-bond donors (Lipinski definition) is 2. The van der Waals surface area contributed by atoms with Gasteiger partial charge in [0.1, 0.15) is 11.6 Å². The predicted octanol–water partition coefficient (Wildman–Crippen LogP) is 5.34. The number of alkyl halides is 3. The van der Waals surface area contributed by atoms with Crippen LogP contribution in [0.25, 0.3) is 11.0 Å². The lowest BCUT2D eigenvalue weighted by Gasteiger charge is -2.38. The fourth-order valence-corrected chi connectivity index (χ4v) is 4.07. The van der Waals surface area contributed by atoms with Crippen LogP contribution in [0.5, 0.6) is 0 Å². The van der Waals surface area contributed by atoms with Gasteiger partial charge in [0.25, 0.3) is 0 Å². The summed E-state index contributed by atoms with van der Waals surface area (Å²) >= 11 is 0. The molecule has 0 saturated heterocycles. The van der Waals surface area contributed by atoms with Gasteiger partial charge in [0, 0.05) is 6.42 Å². The third kappa shape index (κ3) is 4.57. The molecule has 2 N–H and O–H groups in total. The van der Waals surface area contributed by atoms with Gasteiger partial charge in [-0.3, -0.25) is 0 Å². The second-order valence-corrected chi connectivity index (χ2v) is 8.45. The van der Waals surface area contributed by atoms with Crippen molar-refractivity contribution in [3.63, 3.8) is 0 Å². The fraction of sp³-hybridized carbons (Fsp3) is 0.391. The highest BCUT2D eigenvalue weighted by molar-refractivity contribution is 5.76. The maximum Gasteiger partial charge on any atom is 0.417 e. The SMILES string of the molecule is CCc1ccc(F)cc1C(C)(C)CC(O)(Cc1nc2ccc(C#N)cc2[nH]1)C(F)(F)F. The Kier molecular flexibility index (Phi) is 5.85. The minimum atomic E-state index is -4.94. The van der Waals surface area contributed by atoms with E-state index in [1.54, 1.807) is 19.9 Å². The molecule has 0 aliphatic heterocycles. The van der Waals surface area contributed by atoms with E-state index in [4.69, 9.17) is 5.26 Å². The maximum absolute atomic E-state index is 14.1. The van der Waals surface area contributed by atoms with Crippen molar-refractivity contribution < 1.29 is 22.7 Å². The van der Waals surface area contributed by atoms with E-state index >= 15 is 0 Å². The van der Waals surface area contributed by atoms with Crippen molar-refractivity contribution in [3.05, 3.63) is 64.7 Å². The number of aryl methyl sites for hydroxylation is 1. The van der Waals surface area contributed by atoms with Gasteiger partial charge in [-0.15, -0.1) is 0 Å². The summed E-state index contributed by atoms with van der Waals surface area (Å²) in [4.78, 5) is 6.93. The lowest BCUT2D eigenvalue weighted by Crippen LogP contribution is -2.51. The minimum Gasteiger partial charge on any atom is -0.380 e. The zero-order valence-electron chi connectivity index (χ0n) is 17.4. The molecule has 1 unspecified atom stereocenters. The number of benzene rings is 2. The fourth-order valence-electron chi connectivity index (χ4n) is 4.07. The molecule has 2 aromatic carbocycles. The molecular weight excluding hydrogens is 410 g/mol. The van der Waals surface area contributed by atoms with Gasteiger partial charge in [0.05, 0.1) is 22.7 Å². The second kappa shape index (κ2) is 7.97. The molecule has 1 atom stereocenters. The molecule has 1 heterocycles. The number of aromatic nitrogens is 2. The molecule has 0 bridgehead atoms. The summed E-state index contributed by atoms with van der Waals surface area (Å²) in [6, 6.07) is 10.6. The highest BCUT2D eigenvalue weighted by Crippen LogP contribution is 2.43. The van der Waals surface area contributed by atoms with Crippen LogP contribution in [0, 0.1) is 17.1 Å². The molecule has 3 rings (SSSR count). The van der Waals surface area contributed by atoms with Crippen molar-refractivity contribution in [2.24, 2.45) is 0 Å². The smallest absolute Gasteiger partial charge is 0.380 e. The van der Waals surface area contributed by atoms with Crippen LogP contribution in [0.2, 0.25) is 0 Å². The number of H-pyrrole nitrogens is 1. The Morgan fingerprint density at radius 3 is 2.45 bits per heavy atom. The van der Waals surface area contributed by atoms with E-state index in [1.807, 2.05) is 13.0 Å². The van der Waals surface area contributed by atoms with Crippen molar-refractivity contribution in [2.45, 2.75) is 57.2 Å². The van der Waals surface area contributed by atoms with Crippen LogP contribution in [0.1, 0.15) is 49.7 Å². The molecular formula is C23H23F4N3O. The lowest BCUT2D eigenvalue weighted by atomic mass is 9.72. The van der Waals surface area contributed by atoms with E-state index < -0.39 is 35.9 Å². The topological polar surface area (TPSA) is 72.7 Å². The van der Waals surface area contributed by atoms with E-state index in [9.17, 15) is 22.7 Å². The van der Waals surface area contributed by atoms with Crippen LogP contribution >= 0.6 is 0 Å². The van der Waals surface area contributed by atoms with E-state index in [2.05, 4.69) is 9.97 Å². The molecule has 0 amide bonds. The first-order chi connectivity index (χ1) is 14.4. The highest BCUT2D eigenvalue weighted by Gasteiger charge is 2.56. The van der Waals surface area contributed by atoms with Crippen LogP contribution in [0.3, 0.4) is 0 Å². The number of halogens is 4. The van der Waals surface area contributed by atoms with Gasteiger partial charge in [-0.25, -0.2) is 9.37 Å². The highest BCUT2D eigenvalue weighted by atomic mass is 19.4. The van der Waals surface area contributed by atoms with Gasteiger partial charge in [-0.2, -0.15) is 18.4 Å². The number of nitrogens with zero attached hydrogens (tertiary/aromatic N) is 2. The summed E-state index contributed by atoms with van der Waals surface area (Å²) in [5, 5.41) is 19.8. The number of aliphatic hydroxyl groups is 1. The Balaban J connectivity index is 2.00. The number of nitriles is 1. The van der Waals surface area contributed by atoms with Gasteiger partial charge in [-0.05, 0) is 59.7 Å². The van der Waals surface area contributed by atoms with Crippen LogP contribution in [-0.2, 0) is 18.3 Å². The van der Waals surface area contributed by atoms with Gasteiger partial charge < -0.3 is 10.1 Å². The average molecular weight is 433 g/mol. The summed E-state index contributed by atoms with van der Waals surface area (Å²) in [7, 11) is 0. The second-order valence-electron chi connectivity index (χ2n) is 8.45. The quantitative estimate of drug-likeness (QED) is 0.516. The van der Waals surface area contributed by atoms with Crippen LogP contribution < -0.4 is 0 Å². The lowest BCUT2D eigenvalue weighted by molar-refractivity contribution is -0.266. The average Bonchev–Trinajstić information content (AvgIpc) is 3.07. The summed E-state index contributed by atoms with van der Waals surface area (Å²) in [5.74, 6) is -0.586. The van der Waals surface area contributed by atoms with Crippen molar-refractivity contribution in [3.8, 4) is 6.07 Å². The molecule has 8 heteroatoms. The van der Waals surface area contributed by atoms with Crippen LogP contribution in [0.4, 0.5) is 17.6 Å². The summed E-state index contributed by atoms with van der Waals surface area (Å²) in [5.41, 5.74) is -1.96. The van der Waals surface area contributed by atoms with Gasteiger partial charge in [0.2, 0.25) is 0 Å². The van der Waals surface area contributed by atoms with Crippen LogP contribution in [-0.4, -0.2) is 26.9 Å². The van der Waals surface area contributed by atoms with Crippen LogP contribution in [0.15, 0.2) is 36.4 Å². The standard InChI is InChI=1S/C23H23F4N3O/c1-4-15-6-7-16(24)10-17(15)21(2,3)13-22(31,23(25,26)27)11-20-29-18-8-5-14(12-28)9-19(18)30-20/h5-10,31H,4,11,13H2,1-3H3,(H,29,30). The molecule has 0 spiro atoms. The summed E-state index contributed by atoms with van der Waals surface area (Å²) < 4.78 is 56.1. The third-order valence-corrected chi connectivity index (χ3v) is 5.56. The zero-order chi connectivity index (χ0) is 23.0. The summed E-state index contributed by atoms with van der Waals surface area (Å²) in [6.07, 6.45) is -5.90. The molecule has 0 aliphatic carbocycles. The molecule has 3 aromatic rings. The molecule has 0 aliphatic rings. The number of rotatable bonds is 6. The normalized spacial score (nSPS) is 14.4. The van der Waals surface area contributed by atoms with E-state index in [-0.39, 0.29) is 5.82 Å². The molecule has 0 radical (unpaired) electrons. The Bertz CT molecular complexity index is 1140. The van der Waals surface area contributed by atoms with E-state index in [0.717, 1.165) is 5.56 Å². The molecule has 164 valence electrons. The van der Waals surface area contributed by atoms with Crippen molar-refractivity contribution >= 4 is 11.0 Å². The number of imidazole rings is 1. The number of nitrogens with one attached hydrogen (secondary N) is 1. The Labute approximate surface area is 177 Å².